The Labute approximate surface area is 139 Å². The molecule has 0 aliphatic carbocycles. The molecule has 3 heterocycles. The topological polar surface area (TPSA) is 89.3 Å². The van der Waals surface area contributed by atoms with Crippen LogP contribution in [0.2, 0.25) is 0 Å². The Balaban J connectivity index is 1.91. The number of fused-ring (bicyclic) bond motifs is 1. The van der Waals surface area contributed by atoms with Gasteiger partial charge in [0.2, 0.25) is 0 Å². The van der Waals surface area contributed by atoms with Gasteiger partial charge < -0.3 is 19.5 Å². The van der Waals surface area contributed by atoms with Gasteiger partial charge in [-0.15, -0.1) is 0 Å². The minimum atomic E-state index is -0.625. The quantitative estimate of drug-likeness (QED) is 0.829. The van der Waals surface area contributed by atoms with E-state index in [2.05, 4.69) is 15.3 Å². The van der Waals surface area contributed by atoms with Gasteiger partial charge in [0, 0.05) is 31.9 Å². The number of piperazine rings is 1. The third kappa shape index (κ3) is 2.84. The number of carbonyl (C=O) groups is 2. The van der Waals surface area contributed by atoms with Crippen LogP contribution in [0.15, 0.2) is 18.6 Å². The second-order valence-corrected chi connectivity index (χ2v) is 6.05. The molecule has 0 aromatic carbocycles. The van der Waals surface area contributed by atoms with Crippen molar-refractivity contribution in [1.29, 1.82) is 0 Å². The third-order valence-electron chi connectivity index (χ3n) is 4.19. The van der Waals surface area contributed by atoms with Crippen molar-refractivity contribution in [3.05, 3.63) is 24.2 Å². The maximum absolute atomic E-state index is 12.8. The highest BCUT2D eigenvalue weighted by Crippen LogP contribution is 2.18. The van der Waals surface area contributed by atoms with E-state index in [9.17, 15) is 9.59 Å². The van der Waals surface area contributed by atoms with Crippen molar-refractivity contribution in [2.24, 2.45) is 0 Å². The average molecular weight is 331 g/mol. The molecule has 1 atom stereocenters. The lowest BCUT2D eigenvalue weighted by Crippen LogP contribution is -2.57. The summed E-state index contributed by atoms with van der Waals surface area (Å²) in [5.74, 6) is -0.658. The smallest absolute Gasteiger partial charge is 0.329 e. The zero-order chi connectivity index (χ0) is 17.3. The molecule has 0 spiro atoms. The molecule has 8 nitrogen and oxygen atoms in total. The van der Waals surface area contributed by atoms with Crippen molar-refractivity contribution < 1.29 is 14.3 Å². The first-order chi connectivity index (χ1) is 11.5. The van der Waals surface area contributed by atoms with E-state index in [0.29, 0.717) is 30.7 Å². The van der Waals surface area contributed by atoms with Gasteiger partial charge in [0.15, 0.2) is 5.65 Å². The number of methoxy groups -OCH3 is 1. The van der Waals surface area contributed by atoms with Crippen molar-refractivity contribution >= 4 is 23.0 Å². The monoisotopic (exact) mass is 331 g/mol. The molecule has 1 fully saturated rings. The highest BCUT2D eigenvalue weighted by Gasteiger charge is 2.33. The molecule has 24 heavy (non-hydrogen) atoms. The van der Waals surface area contributed by atoms with Crippen LogP contribution in [-0.2, 0) is 9.53 Å². The van der Waals surface area contributed by atoms with Gasteiger partial charge in [0.1, 0.15) is 11.6 Å². The Kier molecular flexibility index (Phi) is 4.48. The molecule has 1 aliphatic heterocycles. The Morgan fingerprint density at radius 2 is 2.17 bits per heavy atom. The van der Waals surface area contributed by atoms with Gasteiger partial charge in [0.05, 0.1) is 19.0 Å². The molecule has 1 aliphatic rings. The molecule has 2 aromatic rings. The number of carbonyl (C=O) groups excluding carboxylic acids is 2. The SMILES string of the molecule is COC(=O)C1CNCCN1C(=O)c1cnc2c(c1)ncn2C(C)C. The van der Waals surface area contributed by atoms with Crippen LogP contribution in [0, 0.1) is 0 Å². The largest absolute Gasteiger partial charge is 0.467 e. The van der Waals surface area contributed by atoms with Gasteiger partial charge >= 0.3 is 5.97 Å². The summed E-state index contributed by atoms with van der Waals surface area (Å²) in [4.78, 5) is 35.0. The minimum Gasteiger partial charge on any atom is -0.467 e. The zero-order valence-electron chi connectivity index (χ0n) is 14.0. The fourth-order valence-corrected chi connectivity index (χ4v) is 2.87. The number of ether oxygens (including phenoxy) is 1. The molecule has 8 heteroatoms. The number of nitrogens with one attached hydrogen (secondary N) is 1. The Morgan fingerprint density at radius 1 is 1.38 bits per heavy atom. The molecule has 0 radical (unpaired) electrons. The molecule has 1 unspecified atom stereocenters. The highest BCUT2D eigenvalue weighted by molar-refractivity contribution is 5.98. The lowest BCUT2D eigenvalue weighted by atomic mass is 10.1. The van der Waals surface area contributed by atoms with Gasteiger partial charge in [-0.2, -0.15) is 0 Å². The fourth-order valence-electron chi connectivity index (χ4n) is 2.87. The number of amides is 1. The van der Waals surface area contributed by atoms with Crippen LogP contribution in [0.3, 0.4) is 0 Å². The normalized spacial score (nSPS) is 18.2. The van der Waals surface area contributed by atoms with Gasteiger partial charge in [-0.25, -0.2) is 14.8 Å². The first kappa shape index (κ1) is 16.4. The average Bonchev–Trinajstić information content (AvgIpc) is 3.03. The summed E-state index contributed by atoms with van der Waals surface area (Å²) in [6.45, 7) is 5.55. The summed E-state index contributed by atoms with van der Waals surface area (Å²) in [5, 5.41) is 3.11. The third-order valence-corrected chi connectivity index (χ3v) is 4.19. The van der Waals surface area contributed by atoms with E-state index in [4.69, 9.17) is 4.74 Å². The summed E-state index contributed by atoms with van der Waals surface area (Å²) >= 11 is 0. The van der Waals surface area contributed by atoms with E-state index in [1.54, 1.807) is 18.6 Å². The molecule has 1 amide bonds. The summed E-state index contributed by atoms with van der Waals surface area (Å²) in [6, 6.07) is 1.33. The summed E-state index contributed by atoms with van der Waals surface area (Å²) in [6.07, 6.45) is 3.26. The van der Waals surface area contributed by atoms with Crippen LogP contribution in [0.1, 0.15) is 30.2 Å². The zero-order valence-corrected chi connectivity index (χ0v) is 14.0. The van der Waals surface area contributed by atoms with Crippen LogP contribution in [0.5, 0.6) is 0 Å². The standard InChI is InChI=1S/C16H21N5O3/c1-10(2)21-9-19-12-6-11(7-18-14(12)21)15(22)20-5-4-17-8-13(20)16(23)24-3/h6-7,9-10,13,17H,4-5,8H2,1-3H3. The molecule has 0 bridgehead atoms. The number of nitrogens with zero attached hydrogens (tertiary/aromatic N) is 4. The molecule has 1 saturated heterocycles. The van der Waals surface area contributed by atoms with E-state index in [1.165, 1.54) is 12.0 Å². The lowest BCUT2D eigenvalue weighted by molar-refractivity contribution is -0.146. The lowest BCUT2D eigenvalue weighted by Gasteiger charge is -2.34. The van der Waals surface area contributed by atoms with Crippen LogP contribution in [-0.4, -0.2) is 64.1 Å². The summed E-state index contributed by atoms with van der Waals surface area (Å²) in [5.41, 5.74) is 1.83. The van der Waals surface area contributed by atoms with E-state index in [-0.39, 0.29) is 11.9 Å². The number of rotatable bonds is 3. The summed E-state index contributed by atoms with van der Waals surface area (Å²) < 4.78 is 6.75. The molecular formula is C16H21N5O3. The second kappa shape index (κ2) is 6.56. The van der Waals surface area contributed by atoms with Crippen molar-refractivity contribution in [3.63, 3.8) is 0 Å². The van der Waals surface area contributed by atoms with Crippen molar-refractivity contribution in [2.75, 3.05) is 26.7 Å². The van der Waals surface area contributed by atoms with Crippen molar-refractivity contribution in [1.82, 2.24) is 24.8 Å². The molecule has 0 saturated carbocycles. The van der Waals surface area contributed by atoms with Crippen LogP contribution >= 0.6 is 0 Å². The predicted molar refractivity (Wildman–Crippen MR) is 87.6 cm³/mol. The predicted octanol–water partition coefficient (Wildman–Crippen LogP) is 0.599. The Bertz CT molecular complexity index is 770. The van der Waals surface area contributed by atoms with E-state index in [1.807, 2.05) is 18.4 Å². The molecule has 1 N–H and O–H groups in total. The van der Waals surface area contributed by atoms with Gasteiger partial charge in [-0.1, -0.05) is 0 Å². The number of esters is 1. The van der Waals surface area contributed by atoms with Gasteiger partial charge in [-0.05, 0) is 19.9 Å². The van der Waals surface area contributed by atoms with E-state index < -0.39 is 12.0 Å². The summed E-state index contributed by atoms with van der Waals surface area (Å²) in [7, 11) is 1.33. The van der Waals surface area contributed by atoms with E-state index >= 15 is 0 Å². The first-order valence-electron chi connectivity index (χ1n) is 7.95. The molecule has 128 valence electrons. The number of hydrogen-bond donors (Lipinski definition) is 1. The van der Waals surface area contributed by atoms with Gasteiger partial charge in [0.25, 0.3) is 5.91 Å². The minimum absolute atomic E-state index is 0.236. The van der Waals surface area contributed by atoms with Gasteiger partial charge in [-0.3, -0.25) is 4.79 Å². The maximum Gasteiger partial charge on any atom is 0.329 e. The van der Waals surface area contributed by atoms with Crippen molar-refractivity contribution in [2.45, 2.75) is 25.9 Å². The van der Waals surface area contributed by atoms with Crippen LogP contribution in [0.4, 0.5) is 0 Å². The highest BCUT2D eigenvalue weighted by atomic mass is 16.5. The number of imidazole rings is 1. The molecular weight excluding hydrogens is 310 g/mol. The van der Waals surface area contributed by atoms with Crippen LogP contribution < -0.4 is 5.32 Å². The molecule has 2 aromatic heterocycles. The maximum atomic E-state index is 12.8. The van der Waals surface area contributed by atoms with E-state index in [0.717, 1.165) is 5.65 Å². The first-order valence-corrected chi connectivity index (χ1v) is 7.95. The van der Waals surface area contributed by atoms with Crippen molar-refractivity contribution in [3.8, 4) is 0 Å². The number of pyridine rings is 1. The Morgan fingerprint density at radius 3 is 2.88 bits per heavy atom. The second-order valence-electron chi connectivity index (χ2n) is 6.05. The number of aromatic nitrogens is 3. The number of hydrogen-bond acceptors (Lipinski definition) is 6. The molecule has 3 rings (SSSR count). The van der Waals surface area contributed by atoms with Crippen LogP contribution in [0.25, 0.3) is 11.2 Å². The Hall–Kier alpha value is -2.48. The fraction of sp³-hybridized carbons (Fsp3) is 0.500.